The van der Waals surface area contributed by atoms with Crippen LogP contribution in [0.15, 0.2) is 48.7 Å². The van der Waals surface area contributed by atoms with E-state index in [1.54, 1.807) is 6.20 Å². The summed E-state index contributed by atoms with van der Waals surface area (Å²) in [6.07, 6.45) is 1.20. The third-order valence-electron chi connectivity index (χ3n) is 4.17. The maximum Gasteiger partial charge on any atom is 0.254 e. The van der Waals surface area contributed by atoms with Crippen LogP contribution in [-0.2, 0) is 16.1 Å². The maximum atomic E-state index is 12.5. The van der Waals surface area contributed by atoms with Crippen molar-refractivity contribution in [1.82, 2.24) is 9.88 Å². The summed E-state index contributed by atoms with van der Waals surface area (Å²) in [7, 11) is 3.86. The fraction of sp³-hybridized carbons (Fsp3) is 0.368. The third-order valence-corrected chi connectivity index (χ3v) is 4.17. The molecule has 25 heavy (non-hydrogen) atoms. The van der Waals surface area contributed by atoms with E-state index >= 15 is 0 Å². The van der Waals surface area contributed by atoms with Crippen molar-refractivity contribution in [3.63, 3.8) is 0 Å². The lowest BCUT2D eigenvalue weighted by Crippen LogP contribution is -2.47. The molecule has 1 aliphatic rings. The smallest absolute Gasteiger partial charge is 0.254 e. The molecule has 132 valence electrons. The highest BCUT2D eigenvalue weighted by Crippen LogP contribution is 2.15. The zero-order valence-corrected chi connectivity index (χ0v) is 14.7. The zero-order chi connectivity index (χ0) is 17.6. The second kappa shape index (κ2) is 8.09. The molecule has 1 N–H and O–H groups in total. The predicted molar refractivity (Wildman–Crippen MR) is 98.7 cm³/mol. The Balaban J connectivity index is 1.56. The van der Waals surface area contributed by atoms with E-state index in [4.69, 9.17) is 4.74 Å². The summed E-state index contributed by atoms with van der Waals surface area (Å²) in [5.74, 6) is 0.720. The Morgan fingerprint density at radius 3 is 2.76 bits per heavy atom. The number of ether oxygens (including phenoxy) is 1. The minimum Gasteiger partial charge on any atom is -0.366 e. The van der Waals surface area contributed by atoms with E-state index in [-0.39, 0.29) is 5.91 Å². The van der Waals surface area contributed by atoms with E-state index in [0.29, 0.717) is 18.8 Å². The topological polar surface area (TPSA) is 57.7 Å². The maximum absolute atomic E-state index is 12.5. The number of anilines is 2. The SMILES string of the molecule is CN(C)c1ccc(NC(=O)[C@H]2CN(Cc3ccccc3)CCO2)cn1. The molecule has 0 radical (unpaired) electrons. The Labute approximate surface area is 148 Å². The first kappa shape index (κ1) is 17.4. The fourth-order valence-corrected chi connectivity index (χ4v) is 2.79. The molecule has 2 heterocycles. The second-order valence-electron chi connectivity index (χ2n) is 6.37. The molecular weight excluding hydrogens is 316 g/mol. The van der Waals surface area contributed by atoms with Crippen molar-refractivity contribution in [3.05, 3.63) is 54.2 Å². The number of carbonyl (C=O) groups excluding carboxylic acids is 1. The van der Waals surface area contributed by atoms with E-state index in [1.165, 1.54) is 5.56 Å². The van der Waals surface area contributed by atoms with E-state index in [9.17, 15) is 4.79 Å². The van der Waals surface area contributed by atoms with Gasteiger partial charge in [0.05, 0.1) is 18.5 Å². The molecule has 0 bridgehead atoms. The summed E-state index contributed by atoms with van der Waals surface area (Å²) in [5, 5.41) is 2.89. The average Bonchev–Trinajstić information content (AvgIpc) is 2.63. The van der Waals surface area contributed by atoms with Gasteiger partial charge in [0.15, 0.2) is 0 Å². The predicted octanol–water partition coefficient (Wildman–Crippen LogP) is 1.99. The summed E-state index contributed by atoms with van der Waals surface area (Å²) in [4.78, 5) is 21.0. The largest absolute Gasteiger partial charge is 0.366 e. The first-order valence-electron chi connectivity index (χ1n) is 8.44. The summed E-state index contributed by atoms with van der Waals surface area (Å²) in [6.45, 7) is 2.80. The molecule has 1 saturated heterocycles. The van der Waals surface area contributed by atoms with Crippen LogP contribution in [0.3, 0.4) is 0 Å². The third kappa shape index (κ3) is 4.78. The number of amides is 1. The van der Waals surface area contributed by atoms with E-state index in [2.05, 4.69) is 27.3 Å². The van der Waals surface area contributed by atoms with Gasteiger partial charge in [-0.15, -0.1) is 0 Å². The number of nitrogens with zero attached hydrogens (tertiary/aromatic N) is 3. The average molecular weight is 340 g/mol. The van der Waals surface area contributed by atoms with Gasteiger partial charge in [-0.1, -0.05) is 30.3 Å². The molecule has 0 unspecified atom stereocenters. The molecule has 1 aromatic heterocycles. The van der Waals surface area contributed by atoms with Gasteiger partial charge >= 0.3 is 0 Å². The molecule has 1 amide bonds. The van der Waals surface area contributed by atoms with Crippen LogP contribution in [-0.4, -0.2) is 55.7 Å². The zero-order valence-electron chi connectivity index (χ0n) is 14.7. The molecule has 0 aliphatic carbocycles. The molecule has 1 atom stereocenters. The van der Waals surface area contributed by atoms with Crippen LogP contribution in [0.4, 0.5) is 11.5 Å². The van der Waals surface area contributed by atoms with Crippen LogP contribution in [0.25, 0.3) is 0 Å². The molecule has 1 aromatic carbocycles. The highest BCUT2D eigenvalue weighted by molar-refractivity contribution is 5.94. The number of carbonyl (C=O) groups is 1. The van der Waals surface area contributed by atoms with Gasteiger partial charge in [0.25, 0.3) is 5.91 Å². The van der Waals surface area contributed by atoms with Crippen molar-refractivity contribution in [1.29, 1.82) is 0 Å². The lowest BCUT2D eigenvalue weighted by atomic mass is 10.2. The first-order chi connectivity index (χ1) is 12.1. The Morgan fingerprint density at radius 1 is 1.28 bits per heavy atom. The number of hydrogen-bond donors (Lipinski definition) is 1. The standard InChI is InChI=1S/C19H24N4O2/c1-22(2)18-9-8-16(12-20-18)21-19(24)17-14-23(10-11-25-17)13-15-6-4-3-5-7-15/h3-9,12,17H,10-11,13-14H2,1-2H3,(H,21,24)/t17-/m1/s1. The Bertz CT molecular complexity index is 688. The normalized spacial score (nSPS) is 17.9. The summed E-state index contributed by atoms with van der Waals surface area (Å²) >= 11 is 0. The van der Waals surface area contributed by atoms with E-state index in [1.807, 2.05) is 49.3 Å². The van der Waals surface area contributed by atoms with Gasteiger partial charge in [-0.25, -0.2) is 4.98 Å². The van der Waals surface area contributed by atoms with Crippen molar-refractivity contribution in [2.24, 2.45) is 0 Å². The van der Waals surface area contributed by atoms with Crippen LogP contribution < -0.4 is 10.2 Å². The van der Waals surface area contributed by atoms with E-state index in [0.717, 1.165) is 18.9 Å². The fourth-order valence-electron chi connectivity index (χ4n) is 2.79. The van der Waals surface area contributed by atoms with Gasteiger partial charge in [0.2, 0.25) is 0 Å². The number of morpholine rings is 1. The first-order valence-corrected chi connectivity index (χ1v) is 8.44. The van der Waals surface area contributed by atoms with Crippen molar-refractivity contribution in [2.45, 2.75) is 12.6 Å². The van der Waals surface area contributed by atoms with Gasteiger partial charge in [-0.2, -0.15) is 0 Å². The summed E-state index contributed by atoms with van der Waals surface area (Å²) < 4.78 is 5.66. The van der Waals surface area contributed by atoms with Gasteiger partial charge in [-0.05, 0) is 17.7 Å². The molecule has 2 aromatic rings. The molecular formula is C19H24N4O2. The highest BCUT2D eigenvalue weighted by Gasteiger charge is 2.26. The van der Waals surface area contributed by atoms with Gasteiger partial charge in [-0.3, -0.25) is 9.69 Å². The Morgan fingerprint density at radius 2 is 2.08 bits per heavy atom. The van der Waals surface area contributed by atoms with Crippen molar-refractivity contribution < 1.29 is 9.53 Å². The molecule has 3 rings (SSSR count). The van der Waals surface area contributed by atoms with Crippen LogP contribution >= 0.6 is 0 Å². The monoisotopic (exact) mass is 340 g/mol. The number of rotatable bonds is 5. The molecule has 6 nitrogen and oxygen atoms in total. The minimum atomic E-state index is -0.467. The van der Waals surface area contributed by atoms with Crippen molar-refractivity contribution in [3.8, 4) is 0 Å². The number of hydrogen-bond acceptors (Lipinski definition) is 5. The number of pyridine rings is 1. The molecule has 1 fully saturated rings. The summed E-state index contributed by atoms with van der Waals surface area (Å²) in [5.41, 5.74) is 1.92. The van der Waals surface area contributed by atoms with Crippen LogP contribution in [0.1, 0.15) is 5.56 Å². The van der Waals surface area contributed by atoms with Crippen LogP contribution in [0, 0.1) is 0 Å². The number of nitrogens with one attached hydrogen (secondary N) is 1. The molecule has 0 saturated carbocycles. The van der Waals surface area contributed by atoms with Crippen molar-refractivity contribution in [2.75, 3.05) is 44.0 Å². The van der Waals surface area contributed by atoms with Gasteiger partial charge < -0.3 is 15.0 Å². The number of aromatic nitrogens is 1. The molecule has 1 aliphatic heterocycles. The van der Waals surface area contributed by atoms with Gasteiger partial charge in [0.1, 0.15) is 11.9 Å². The van der Waals surface area contributed by atoms with Crippen LogP contribution in [0.5, 0.6) is 0 Å². The lowest BCUT2D eigenvalue weighted by molar-refractivity contribution is -0.133. The summed E-state index contributed by atoms with van der Waals surface area (Å²) in [6, 6.07) is 14.0. The number of benzene rings is 1. The van der Waals surface area contributed by atoms with E-state index < -0.39 is 6.10 Å². The molecule has 6 heteroatoms. The van der Waals surface area contributed by atoms with Crippen LogP contribution in [0.2, 0.25) is 0 Å². The quantitative estimate of drug-likeness (QED) is 0.902. The van der Waals surface area contributed by atoms with Crippen molar-refractivity contribution >= 4 is 17.4 Å². The lowest BCUT2D eigenvalue weighted by Gasteiger charge is -2.32. The van der Waals surface area contributed by atoms with Gasteiger partial charge in [0, 0.05) is 33.7 Å². The second-order valence-corrected chi connectivity index (χ2v) is 6.37. The highest BCUT2D eigenvalue weighted by atomic mass is 16.5. The Hall–Kier alpha value is -2.44. The Kier molecular flexibility index (Phi) is 5.63. The molecule has 0 spiro atoms. The minimum absolute atomic E-state index is 0.128.